The normalized spacial score (nSPS) is 32.2. The summed E-state index contributed by atoms with van der Waals surface area (Å²) in [7, 11) is 1.34. The molecule has 0 heterocycles. The van der Waals surface area contributed by atoms with Crippen LogP contribution in [-0.2, 0) is 9.47 Å². The Morgan fingerprint density at radius 3 is 2.24 bits per heavy atom. The molecule has 1 aliphatic rings. The summed E-state index contributed by atoms with van der Waals surface area (Å²) in [5, 5.41) is 0. The molecule has 0 spiro atoms. The Kier molecular flexibility index (Phi) is 4.61. The minimum atomic E-state index is -4.36. The molecule has 17 heavy (non-hydrogen) atoms. The highest BCUT2D eigenvalue weighted by Crippen LogP contribution is 2.46. The molecule has 0 bridgehead atoms. The molecule has 1 saturated carbocycles. The van der Waals surface area contributed by atoms with E-state index in [1.165, 1.54) is 14.0 Å². The minimum absolute atomic E-state index is 0.0269. The molecular formula is C12H19F3O2. The van der Waals surface area contributed by atoms with E-state index < -0.39 is 18.1 Å². The highest BCUT2D eigenvalue weighted by molar-refractivity contribution is 4.97. The summed E-state index contributed by atoms with van der Waals surface area (Å²) in [5.41, 5.74) is -2.05. The van der Waals surface area contributed by atoms with Crippen LogP contribution < -0.4 is 0 Å². The van der Waals surface area contributed by atoms with Gasteiger partial charge >= 0.3 is 6.18 Å². The lowest BCUT2D eigenvalue weighted by Crippen LogP contribution is -2.51. The maximum absolute atomic E-state index is 13.1. The van der Waals surface area contributed by atoms with Crippen molar-refractivity contribution in [3.05, 3.63) is 12.7 Å². The van der Waals surface area contributed by atoms with Crippen molar-refractivity contribution >= 4 is 0 Å². The maximum Gasteiger partial charge on any atom is 0.417 e. The van der Waals surface area contributed by atoms with Crippen molar-refractivity contribution in [3.63, 3.8) is 0 Å². The molecule has 1 fully saturated rings. The number of hydrogen-bond donors (Lipinski definition) is 0. The third-order valence-corrected chi connectivity index (χ3v) is 3.41. The molecule has 0 saturated heterocycles. The van der Waals surface area contributed by atoms with E-state index in [-0.39, 0.29) is 18.8 Å². The lowest BCUT2D eigenvalue weighted by Gasteiger charge is -2.41. The first-order valence-electron chi connectivity index (χ1n) is 5.74. The summed E-state index contributed by atoms with van der Waals surface area (Å²) in [6, 6.07) is 0. The van der Waals surface area contributed by atoms with Gasteiger partial charge in [-0.1, -0.05) is 6.08 Å². The number of alkyl halides is 3. The van der Waals surface area contributed by atoms with Crippen LogP contribution in [0.4, 0.5) is 13.2 Å². The van der Waals surface area contributed by atoms with Crippen molar-refractivity contribution in [2.75, 3.05) is 7.11 Å². The Morgan fingerprint density at radius 1 is 1.35 bits per heavy atom. The number of methoxy groups -OCH3 is 1. The summed E-state index contributed by atoms with van der Waals surface area (Å²) in [6.45, 7) is 5.10. The van der Waals surface area contributed by atoms with Gasteiger partial charge in [-0.2, -0.15) is 13.2 Å². The van der Waals surface area contributed by atoms with Gasteiger partial charge in [0.2, 0.25) is 0 Å². The van der Waals surface area contributed by atoms with Crippen LogP contribution in [0.25, 0.3) is 0 Å². The van der Waals surface area contributed by atoms with Crippen molar-refractivity contribution in [3.8, 4) is 0 Å². The Balaban J connectivity index is 2.79. The second-order valence-electron chi connectivity index (χ2n) is 4.49. The van der Waals surface area contributed by atoms with E-state index in [4.69, 9.17) is 9.47 Å². The number of rotatable bonds is 4. The van der Waals surface area contributed by atoms with Gasteiger partial charge in [0, 0.05) is 7.11 Å². The van der Waals surface area contributed by atoms with Gasteiger partial charge in [0.1, 0.15) is 0 Å². The second-order valence-corrected chi connectivity index (χ2v) is 4.49. The van der Waals surface area contributed by atoms with Crippen LogP contribution in [-0.4, -0.2) is 25.2 Å². The topological polar surface area (TPSA) is 18.5 Å². The Bertz CT molecular complexity index is 255. The minimum Gasteiger partial charge on any atom is -0.356 e. The van der Waals surface area contributed by atoms with E-state index in [0.717, 1.165) is 0 Å². The van der Waals surface area contributed by atoms with Gasteiger partial charge in [-0.15, -0.1) is 6.58 Å². The summed E-state index contributed by atoms with van der Waals surface area (Å²) in [6.07, 6.45) is -2.62. The molecular weight excluding hydrogens is 233 g/mol. The summed E-state index contributed by atoms with van der Waals surface area (Å²) >= 11 is 0. The van der Waals surface area contributed by atoms with E-state index in [1.54, 1.807) is 6.08 Å². The first kappa shape index (κ1) is 14.5. The van der Waals surface area contributed by atoms with Crippen molar-refractivity contribution in [1.29, 1.82) is 0 Å². The largest absolute Gasteiger partial charge is 0.417 e. The van der Waals surface area contributed by atoms with E-state index in [2.05, 4.69) is 6.58 Å². The van der Waals surface area contributed by atoms with Gasteiger partial charge in [-0.05, 0) is 38.5 Å². The third kappa shape index (κ3) is 3.22. The SMILES string of the molecule is C=CC1CCC(OC(C)OC)(C(F)(F)F)CC1. The molecule has 5 heteroatoms. The van der Waals surface area contributed by atoms with Gasteiger partial charge in [-0.25, -0.2) is 0 Å². The molecule has 100 valence electrons. The van der Waals surface area contributed by atoms with E-state index in [1.807, 2.05) is 0 Å². The van der Waals surface area contributed by atoms with E-state index >= 15 is 0 Å². The standard InChI is InChI=1S/C12H19F3O2/c1-4-10-5-7-11(8-6-10,12(13,14)15)17-9(2)16-3/h4,9-10H,1,5-8H2,2-3H3. The molecule has 2 nitrogen and oxygen atoms in total. The maximum atomic E-state index is 13.1. The fraction of sp³-hybridized carbons (Fsp3) is 0.833. The molecule has 0 radical (unpaired) electrons. The molecule has 0 aromatic carbocycles. The molecule has 0 aromatic heterocycles. The van der Waals surface area contributed by atoms with Crippen molar-refractivity contribution in [2.24, 2.45) is 5.92 Å². The molecule has 0 aliphatic heterocycles. The first-order valence-corrected chi connectivity index (χ1v) is 5.74. The van der Waals surface area contributed by atoms with Crippen LogP contribution in [0.1, 0.15) is 32.6 Å². The molecule has 1 rings (SSSR count). The van der Waals surface area contributed by atoms with Crippen LogP contribution in [0.5, 0.6) is 0 Å². The van der Waals surface area contributed by atoms with Gasteiger partial charge in [0.25, 0.3) is 0 Å². The van der Waals surface area contributed by atoms with Crippen molar-refractivity contribution in [1.82, 2.24) is 0 Å². The zero-order chi connectivity index (χ0) is 13.1. The smallest absolute Gasteiger partial charge is 0.356 e. The van der Waals surface area contributed by atoms with Crippen molar-refractivity contribution in [2.45, 2.75) is 50.7 Å². The molecule has 0 N–H and O–H groups in total. The molecule has 0 amide bonds. The van der Waals surface area contributed by atoms with Gasteiger partial charge < -0.3 is 9.47 Å². The fourth-order valence-electron chi connectivity index (χ4n) is 2.18. The molecule has 1 atom stereocenters. The molecule has 0 aromatic rings. The Hall–Kier alpha value is -0.550. The average Bonchev–Trinajstić information content (AvgIpc) is 2.28. The lowest BCUT2D eigenvalue weighted by atomic mass is 9.78. The number of hydrogen-bond acceptors (Lipinski definition) is 2. The van der Waals surface area contributed by atoms with Crippen LogP contribution in [0, 0.1) is 5.92 Å². The van der Waals surface area contributed by atoms with Gasteiger partial charge in [-0.3, -0.25) is 0 Å². The number of allylic oxidation sites excluding steroid dienone is 1. The monoisotopic (exact) mass is 252 g/mol. The zero-order valence-electron chi connectivity index (χ0n) is 10.2. The van der Waals surface area contributed by atoms with Gasteiger partial charge in [0.15, 0.2) is 11.9 Å². The van der Waals surface area contributed by atoms with Crippen LogP contribution in [0.3, 0.4) is 0 Å². The Labute approximate surface area is 99.8 Å². The van der Waals surface area contributed by atoms with Crippen molar-refractivity contribution < 1.29 is 22.6 Å². The second kappa shape index (κ2) is 5.40. The van der Waals surface area contributed by atoms with E-state index in [9.17, 15) is 13.2 Å². The molecule has 1 aliphatic carbocycles. The molecule has 1 unspecified atom stereocenters. The fourth-order valence-corrected chi connectivity index (χ4v) is 2.18. The zero-order valence-corrected chi connectivity index (χ0v) is 10.2. The van der Waals surface area contributed by atoms with Crippen LogP contribution >= 0.6 is 0 Å². The summed E-state index contributed by atoms with van der Waals surface area (Å²) in [5.74, 6) is 0.159. The van der Waals surface area contributed by atoms with Crippen LogP contribution in [0.2, 0.25) is 0 Å². The summed E-state index contributed by atoms with van der Waals surface area (Å²) < 4.78 is 49.2. The predicted octanol–water partition coefficient (Wildman–Crippen LogP) is 3.67. The number of halogens is 3. The first-order chi connectivity index (χ1) is 7.84. The van der Waals surface area contributed by atoms with Gasteiger partial charge in [0.05, 0.1) is 0 Å². The average molecular weight is 252 g/mol. The Morgan fingerprint density at radius 2 is 1.88 bits per heavy atom. The van der Waals surface area contributed by atoms with E-state index in [0.29, 0.717) is 12.8 Å². The number of ether oxygens (including phenoxy) is 2. The quantitative estimate of drug-likeness (QED) is 0.561. The van der Waals surface area contributed by atoms with Crippen LogP contribution in [0.15, 0.2) is 12.7 Å². The predicted molar refractivity (Wildman–Crippen MR) is 58.5 cm³/mol. The lowest BCUT2D eigenvalue weighted by molar-refractivity contribution is -0.327. The highest BCUT2D eigenvalue weighted by Gasteiger charge is 2.57. The highest BCUT2D eigenvalue weighted by atomic mass is 19.4. The third-order valence-electron chi connectivity index (χ3n) is 3.41. The summed E-state index contributed by atoms with van der Waals surface area (Å²) in [4.78, 5) is 0.